The maximum Gasteiger partial charge on any atom is 0.229 e. The molecule has 5 nitrogen and oxygen atoms in total. The zero-order valence-electron chi connectivity index (χ0n) is 10.6. The topological polar surface area (TPSA) is 45.7 Å². The molecule has 2 fully saturated rings. The fourth-order valence-electron chi connectivity index (χ4n) is 2.46. The third kappa shape index (κ3) is 2.60. The van der Waals surface area contributed by atoms with Crippen LogP contribution in [0.4, 0.5) is 5.82 Å². The normalized spacial score (nSPS) is 20.3. The summed E-state index contributed by atoms with van der Waals surface area (Å²) in [6, 6.07) is 3.86. The quantitative estimate of drug-likeness (QED) is 0.818. The summed E-state index contributed by atoms with van der Waals surface area (Å²) in [7, 11) is 0. The first kappa shape index (κ1) is 12.9. The number of aromatic nitrogens is 1. The Morgan fingerprint density at radius 1 is 1.37 bits per heavy atom. The Bertz CT molecular complexity index is 471. The first-order valence-electron chi connectivity index (χ1n) is 6.47. The number of morpholine rings is 1. The van der Waals surface area contributed by atoms with E-state index in [0.717, 1.165) is 36.5 Å². The average Bonchev–Trinajstić information content (AvgIpc) is 2.40. The van der Waals surface area contributed by atoms with Crippen molar-refractivity contribution in [2.24, 2.45) is 5.92 Å². The fraction of sp³-hybridized carbons (Fsp3) is 0.538. The molecule has 0 aliphatic carbocycles. The van der Waals surface area contributed by atoms with Gasteiger partial charge in [0.15, 0.2) is 0 Å². The Balaban J connectivity index is 1.57. The van der Waals surface area contributed by atoms with Crippen LogP contribution in [-0.4, -0.2) is 55.2 Å². The van der Waals surface area contributed by atoms with Crippen LogP contribution in [0, 0.1) is 5.92 Å². The van der Waals surface area contributed by atoms with Gasteiger partial charge < -0.3 is 14.5 Å². The molecule has 102 valence electrons. The van der Waals surface area contributed by atoms with E-state index < -0.39 is 0 Å². The number of rotatable bonds is 2. The molecule has 19 heavy (non-hydrogen) atoms. The lowest BCUT2D eigenvalue weighted by atomic mass is 9.98. The van der Waals surface area contributed by atoms with Gasteiger partial charge in [-0.15, -0.1) is 0 Å². The van der Waals surface area contributed by atoms with E-state index in [4.69, 9.17) is 4.74 Å². The zero-order chi connectivity index (χ0) is 13.2. The van der Waals surface area contributed by atoms with Gasteiger partial charge in [-0.05, 0) is 28.1 Å². The minimum absolute atomic E-state index is 0.104. The molecule has 1 aromatic heterocycles. The number of ether oxygens (including phenoxy) is 1. The minimum atomic E-state index is 0.104. The summed E-state index contributed by atoms with van der Waals surface area (Å²) >= 11 is 3.49. The molecule has 2 aliphatic rings. The third-order valence-electron chi connectivity index (χ3n) is 3.59. The summed E-state index contributed by atoms with van der Waals surface area (Å²) < 4.78 is 6.25. The van der Waals surface area contributed by atoms with Crippen LogP contribution < -0.4 is 4.90 Å². The number of pyridine rings is 1. The summed E-state index contributed by atoms with van der Waals surface area (Å²) in [5, 5.41) is 0. The largest absolute Gasteiger partial charge is 0.378 e. The van der Waals surface area contributed by atoms with Crippen LogP contribution >= 0.6 is 15.9 Å². The molecule has 0 atom stereocenters. The molecule has 0 radical (unpaired) electrons. The molecule has 1 amide bonds. The average molecular weight is 326 g/mol. The van der Waals surface area contributed by atoms with Gasteiger partial charge in [-0.25, -0.2) is 4.98 Å². The first-order valence-corrected chi connectivity index (χ1v) is 7.27. The van der Waals surface area contributed by atoms with Crippen molar-refractivity contribution in [3.63, 3.8) is 0 Å². The maximum absolute atomic E-state index is 12.3. The van der Waals surface area contributed by atoms with E-state index in [9.17, 15) is 4.79 Å². The molecule has 0 bridgehead atoms. The van der Waals surface area contributed by atoms with Gasteiger partial charge in [0.1, 0.15) is 5.82 Å². The molecule has 0 saturated carbocycles. The minimum Gasteiger partial charge on any atom is -0.378 e. The molecular formula is C13H16BrN3O2. The summed E-state index contributed by atoms with van der Waals surface area (Å²) in [5.74, 6) is 1.28. The van der Waals surface area contributed by atoms with Crippen molar-refractivity contribution < 1.29 is 9.53 Å². The summed E-state index contributed by atoms with van der Waals surface area (Å²) in [6.45, 7) is 4.28. The van der Waals surface area contributed by atoms with E-state index in [1.807, 2.05) is 17.0 Å². The van der Waals surface area contributed by atoms with Crippen LogP contribution in [0.1, 0.15) is 0 Å². The van der Waals surface area contributed by atoms with E-state index >= 15 is 0 Å². The van der Waals surface area contributed by atoms with E-state index in [1.165, 1.54) is 0 Å². The molecule has 3 heterocycles. The van der Waals surface area contributed by atoms with Crippen molar-refractivity contribution in [3.8, 4) is 0 Å². The van der Waals surface area contributed by atoms with Crippen LogP contribution in [0.25, 0.3) is 0 Å². The SMILES string of the molecule is O=C(C1CN(c2ncccc2Br)C1)N1CCOCC1. The van der Waals surface area contributed by atoms with Crippen LogP contribution in [0.5, 0.6) is 0 Å². The highest BCUT2D eigenvalue weighted by molar-refractivity contribution is 9.10. The Morgan fingerprint density at radius 3 is 2.79 bits per heavy atom. The van der Waals surface area contributed by atoms with Crippen molar-refractivity contribution in [3.05, 3.63) is 22.8 Å². The highest BCUT2D eigenvalue weighted by atomic mass is 79.9. The van der Waals surface area contributed by atoms with E-state index in [0.29, 0.717) is 13.2 Å². The standard InChI is InChI=1S/C13H16BrN3O2/c14-11-2-1-3-15-12(11)17-8-10(9-17)13(18)16-4-6-19-7-5-16/h1-3,10H,4-9H2. The Kier molecular flexibility index (Phi) is 3.70. The van der Waals surface area contributed by atoms with Gasteiger partial charge in [0.25, 0.3) is 0 Å². The van der Waals surface area contributed by atoms with Crippen molar-refractivity contribution >= 4 is 27.7 Å². The van der Waals surface area contributed by atoms with Gasteiger partial charge in [-0.1, -0.05) is 0 Å². The predicted octanol–water partition coefficient (Wildman–Crippen LogP) is 1.14. The van der Waals surface area contributed by atoms with E-state index in [1.54, 1.807) is 6.20 Å². The molecule has 2 saturated heterocycles. The molecule has 3 rings (SSSR count). The number of halogens is 1. The third-order valence-corrected chi connectivity index (χ3v) is 4.21. The monoisotopic (exact) mass is 325 g/mol. The number of nitrogens with zero attached hydrogens (tertiary/aromatic N) is 3. The fourth-order valence-corrected chi connectivity index (χ4v) is 2.97. The number of amides is 1. The van der Waals surface area contributed by atoms with Gasteiger partial charge in [0, 0.05) is 32.4 Å². The molecule has 6 heteroatoms. The van der Waals surface area contributed by atoms with Crippen molar-refractivity contribution in [2.75, 3.05) is 44.3 Å². The highest BCUT2D eigenvalue weighted by Gasteiger charge is 2.36. The number of anilines is 1. The van der Waals surface area contributed by atoms with Gasteiger partial charge in [-0.3, -0.25) is 4.79 Å². The van der Waals surface area contributed by atoms with E-state index in [2.05, 4.69) is 25.8 Å². The first-order chi connectivity index (χ1) is 9.25. The molecule has 1 aromatic rings. The number of carbonyl (C=O) groups excluding carboxylic acids is 1. The van der Waals surface area contributed by atoms with Gasteiger partial charge in [0.05, 0.1) is 23.6 Å². The molecule has 0 spiro atoms. The predicted molar refractivity (Wildman–Crippen MR) is 75.0 cm³/mol. The molecule has 0 unspecified atom stereocenters. The van der Waals surface area contributed by atoms with E-state index in [-0.39, 0.29) is 11.8 Å². The van der Waals surface area contributed by atoms with Crippen LogP contribution in [-0.2, 0) is 9.53 Å². The zero-order valence-corrected chi connectivity index (χ0v) is 12.2. The van der Waals surface area contributed by atoms with Crippen LogP contribution in [0.2, 0.25) is 0 Å². The molecular weight excluding hydrogens is 310 g/mol. The van der Waals surface area contributed by atoms with Gasteiger partial charge in [-0.2, -0.15) is 0 Å². The van der Waals surface area contributed by atoms with Crippen molar-refractivity contribution in [2.45, 2.75) is 0 Å². The maximum atomic E-state index is 12.3. The second-order valence-corrected chi connectivity index (χ2v) is 5.70. The van der Waals surface area contributed by atoms with Gasteiger partial charge >= 0.3 is 0 Å². The molecule has 2 aliphatic heterocycles. The summed E-state index contributed by atoms with van der Waals surface area (Å²) in [4.78, 5) is 20.6. The summed E-state index contributed by atoms with van der Waals surface area (Å²) in [6.07, 6.45) is 1.78. The number of hydrogen-bond acceptors (Lipinski definition) is 4. The van der Waals surface area contributed by atoms with Gasteiger partial charge in [0.2, 0.25) is 5.91 Å². The molecule has 0 N–H and O–H groups in total. The highest BCUT2D eigenvalue weighted by Crippen LogP contribution is 2.30. The molecule has 0 aromatic carbocycles. The Hall–Kier alpha value is -1.14. The number of hydrogen-bond donors (Lipinski definition) is 0. The Labute approximate surface area is 120 Å². The second-order valence-electron chi connectivity index (χ2n) is 4.85. The lowest BCUT2D eigenvalue weighted by molar-refractivity contribution is -0.140. The number of carbonyl (C=O) groups is 1. The van der Waals surface area contributed by atoms with Crippen molar-refractivity contribution in [1.82, 2.24) is 9.88 Å². The van der Waals surface area contributed by atoms with Crippen LogP contribution in [0.3, 0.4) is 0 Å². The second kappa shape index (κ2) is 5.46. The lowest BCUT2D eigenvalue weighted by Crippen LogP contribution is -2.56. The lowest BCUT2D eigenvalue weighted by Gasteiger charge is -2.42. The van der Waals surface area contributed by atoms with Crippen molar-refractivity contribution in [1.29, 1.82) is 0 Å². The smallest absolute Gasteiger partial charge is 0.229 e. The Morgan fingerprint density at radius 2 is 2.11 bits per heavy atom. The van der Waals surface area contributed by atoms with Crippen LogP contribution in [0.15, 0.2) is 22.8 Å². The summed E-state index contributed by atoms with van der Waals surface area (Å²) in [5.41, 5.74) is 0.